The SMILES string of the molecule is CN=C(NCc1cccc(OCCCOC)c1)N1CCC(OCC2CCCCO2)CC1. The van der Waals surface area contributed by atoms with Gasteiger partial charge in [-0.3, -0.25) is 4.99 Å². The largest absolute Gasteiger partial charge is 0.493 e. The molecule has 0 aromatic heterocycles. The van der Waals surface area contributed by atoms with Gasteiger partial charge >= 0.3 is 0 Å². The van der Waals surface area contributed by atoms with Crippen LogP contribution in [0.5, 0.6) is 5.75 Å². The Morgan fingerprint density at radius 2 is 2.06 bits per heavy atom. The number of likely N-dealkylation sites (tertiary alicyclic amines) is 1. The summed E-state index contributed by atoms with van der Waals surface area (Å²) in [7, 11) is 3.56. The lowest BCUT2D eigenvalue weighted by Crippen LogP contribution is -2.47. The Morgan fingerprint density at radius 3 is 2.81 bits per heavy atom. The summed E-state index contributed by atoms with van der Waals surface area (Å²) in [5.41, 5.74) is 1.18. The summed E-state index contributed by atoms with van der Waals surface area (Å²) in [5, 5.41) is 3.50. The Labute approximate surface area is 187 Å². The Hall–Kier alpha value is -1.83. The van der Waals surface area contributed by atoms with Gasteiger partial charge in [-0.15, -0.1) is 0 Å². The number of nitrogens with one attached hydrogen (secondary N) is 1. The number of guanidine groups is 1. The van der Waals surface area contributed by atoms with E-state index < -0.39 is 0 Å². The van der Waals surface area contributed by atoms with E-state index in [1.807, 2.05) is 19.2 Å². The van der Waals surface area contributed by atoms with E-state index >= 15 is 0 Å². The van der Waals surface area contributed by atoms with Crippen LogP contribution in [-0.2, 0) is 20.8 Å². The monoisotopic (exact) mass is 433 g/mol. The van der Waals surface area contributed by atoms with Crippen LogP contribution in [0.1, 0.15) is 44.1 Å². The predicted octanol–water partition coefficient (Wildman–Crippen LogP) is 3.23. The molecule has 0 spiro atoms. The number of hydrogen-bond acceptors (Lipinski definition) is 5. The molecule has 174 valence electrons. The van der Waals surface area contributed by atoms with Crippen LogP contribution in [0.25, 0.3) is 0 Å². The van der Waals surface area contributed by atoms with Gasteiger partial charge in [0.15, 0.2) is 5.96 Å². The molecule has 2 fully saturated rings. The molecule has 2 aliphatic rings. The molecular formula is C24H39N3O4. The van der Waals surface area contributed by atoms with Crippen molar-refractivity contribution < 1.29 is 18.9 Å². The van der Waals surface area contributed by atoms with Crippen LogP contribution in [0.4, 0.5) is 0 Å². The predicted molar refractivity (Wildman–Crippen MR) is 123 cm³/mol. The molecule has 0 aliphatic carbocycles. The highest BCUT2D eigenvalue weighted by Gasteiger charge is 2.23. The maximum atomic E-state index is 6.14. The van der Waals surface area contributed by atoms with Crippen molar-refractivity contribution in [3.05, 3.63) is 29.8 Å². The lowest BCUT2D eigenvalue weighted by molar-refractivity contribution is -0.0721. The van der Waals surface area contributed by atoms with Crippen molar-refractivity contribution in [3.63, 3.8) is 0 Å². The fourth-order valence-corrected chi connectivity index (χ4v) is 4.07. The van der Waals surface area contributed by atoms with Crippen molar-refractivity contribution in [2.45, 2.75) is 57.3 Å². The van der Waals surface area contributed by atoms with E-state index in [-0.39, 0.29) is 0 Å². The van der Waals surface area contributed by atoms with E-state index in [9.17, 15) is 0 Å². The maximum Gasteiger partial charge on any atom is 0.193 e. The average molecular weight is 434 g/mol. The average Bonchev–Trinajstić information content (AvgIpc) is 2.83. The third-order valence-corrected chi connectivity index (χ3v) is 5.86. The van der Waals surface area contributed by atoms with Crippen molar-refractivity contribution in [3.8, 4) is 5.75 Å². The Balaban J connectivity index is 1.37. The van der Waals surface area contributed by atoms with Crippen molar-refractivity contribution in [2.24, 2.45) is 4.99 Å². The number of aliphatic imine (C=N–C) groups is 1. The third kappa shape index (κ3) is 8.31. The standard InChI is InChI=1S/C24H39N3O4/c1-25-24(26-18-20-7-5-9-22(17-20)29-16-6-14-28-2)27-12-10-21(11-13-27)31-19-23-8-3-4-15-30-23/h5,7,9,17,21,23H,3-4,6,8,10-16,18-19H2,1-2H3,(H,25,26). The van der Waals surface area contributed by atoms with Crippen molar-refractivity contribution in [1.82, 2.24) is 10.2 Å². The zero-order chi connectivity index (χ0) is 21.7. The molecule has 1 atom stereocenters. The van der Waals surface area contributed by atoms with Crippen LogP contribution in [0, 0.1) is 0 Å². The molecule has 2 heterocycles. The minimum atomic E-state index is 0.293. The van der Waals surface area contributed by atoms with Crippen LogP contribution >= 0.6 is 0 Å². The highest BCUT2D eigenvalue weighted by atomic mass is 16.5. The van der Waals surface area contributed by atoms with Gasteiger partial charge < -0.3 is 29.2 Å². The van der Waals surface area contributed by atoms with Gasteiger partial charge in [-0.25, -0.2) is 0 Å². The molecule has 0 radical (unpaired) electrons. The maximum absolute atomic E-state index is 6.14. The molecule has 0 amide bonds. The lowest BCUT2D eigenvalue weighted by atomic mass is 10.1. The number of rotatable bonds is 10. The van der Waals surface area contributed by atoms with E-state index in [2.05, 4.69) is 27.3 Å². The van der Waals surface area contributed by atoms with E-state index in [1.165, 1.54) is 18.4 Å². The number of ether oxygens (including phenoxy) is 4. The second-order valence-corrected chi connectivity index (χ2v) is 8.25. The third-order valence-electron chi connectivity index (χ3n) is 5.86. The zero-order valence-electron chi connectivity index (χ0n) is 19.2. The Kier molecular flexibility index (Phi) is 10.4. The first kappa shape index (κ1) is 23.8. The summed E-state index contributed by atoms with van der Waals surface area (Å²) in [6.45, 7) is 5.64. The van der Waals surface area contributed by atoms with Crippen LogP contribution in [-0.4, -0.2) is 76.7 Å². The second kappa shape index (κ2) is 13.6. The molecule has 7 heteroatoms. The van der Waals surface area contributed by atoms with Gasteiger partial charge in [-0.2, -0.15) is 0 Å². The summed E-state index contributed by atoms with van der Waals surface area (Å²) >= 11 is 0. The minimum absolute atomic E-state index is 0.293. The molecule has 3 rings (SSSR count). The van der Waals surface area contributed by atoms with Crippen molar-refractivity contribution in [1.29, 1.82) is 0 Å². The first-order chi connectivity index (χ1) is 15.3. The molecule has 1 aromatic rings. The normalized spacial score (nSPS) is 20.6. The van der Waals surface area contributed by atoms with E-state index in [4.69, 9.17) is 18.9 Å². The first-order valence-electron chi connectivity index (χ1n) is 11.7. The highest BCUT2D eigenvalue weighted by molar-refractivity contribution is 5.80. The number of piperidine rings is 1. The summed E-state index contributed by atoms with van der Waals surface area (Å²) in [6, 6.07) is 8.22. The molecule has 1 N–H and O–H groups in total. The zero-order valence-corrected chi connectivity index (χ0v) is 19.2. The van der Waals surface area contributed by atoms with Gasteiger partial charge in [-0.1, -0.05) is 12.1 Å². The van der Waals surface area contributed by atoms with Crippen LogP contribution < -0.4 is 10.1 Å². The highest BCUT2D eigenvalue weighted by Crippen LogP contribution is 2.18. The van der Waals surface area contributed by atoms with E-state index in [1.54, 1.807) is 7.11 Å². The van der Waals surface area contributed by atoms with Gasteiger partial charge in [0.25, 0.3) is 0 Å². The quantitative estimate of drug-likeness (QED) is 0.347. The molecule has 31 heavy (non-hydrogen) atoms. The molecule has 2 aliphatic heterocycles. The Morgan fingerprint density at radius 1 is 1.19 bits per heavy atom. The molecule has 1 unspecified atom stereocenters. The Bertz CT molecular complexity index is 656. The molecule has 0 saturated carbocycles. The number of benzene rings is 1. The lowest BCUT2D eigenvalue weighted by Gasteiger charge is -2.35. The summed E-state index contributed by atoms with van der Waals surface area (Å²) < 4.78 is 22.8. The fraction of sp³-hybridized carbons (Fsp3) is 0.708. The molecule has 0 bridgehead atoms. The van der Waals surface area contributed by atoms with E-state index in [0.717, 1.165) is 70.2 Å². The van der Waals surface area contributed by atoms with Crippen LogP contribution in [0.3, 0.4) is 0 Å². The van der Waals surface area contributed by atoms with Crippen LogP contribution in [0.2, 0.25) is 0 Å². The first-order valence-corrected chi connectivity index (χ1v) is 11.7. The number of nitrogens with zero attached hydrogens (tertiary/aromatic N) is 2. The van der Waals surface area contributed by atoms with Crippen molar-refractivity contribution in [2.75, 3.05) is 53.7 Å². The topological polar surface area (TPSA) is 64.6 Å². The number of hydrogen-bond donors (Lipinski definition) is 1. The molecule has 7 nitrogen and oxygen atoms in total. The minimum Gasteiger partial charge on any atom is -0.493 e. The summed E-state index contributed by atoms with van der Waals surface area (Å²) in [6.07, 6.45) is 7.14. The van der Waals surface area contributed by atoms with Gasteiger partial charge in [0, 0.05) is 53.4 Å². The second-order valence-electron chi connectivity index (χ2n) is 8.25. The fourth-order valence-electron chi connectivity index (χ4n) is 4.07. The van der Waals surface area contributed by atoms with Crippen LogP contribution in [0.15, 0.2) is 29.3 Å². The molecule has 1 aromatic carbocycles. The summed E-state index contributed by atoms with van der Waals surface area (Å²) in [5.74, 6) is 1.84. The molecule has 2 saturated heterocycles. The van der Waals surface area contributed by atoms with Gasteiger partial charge in [-0.05, 0) is 49.8 Å². The smallest absolute Gasteiger partial charge is 0.193 e. The summed E-state index contributed by atoms with van der Waals surface area (Å²) in [4.78, 5) is 6.81. The van der Waals surface area contributed by atoms with Gasteiger partial charge in [0.1, 0.15) is 5.75 Å². The number of methoxy groups -OCH3 is 1. The molecular weight excluding hydrogens is 394 g/mol. The van der Waals surface area contributed by atoms with Crippen molar-refractivity contribution >= 4 is 5.96 Å². The van der Waals surface area contributed by atoms with E-state index in [0.29, 0.717) is 25.4 Å². The van der Waals surface area contributed by atoms with Gasteiger partial charge in [0.05, 0.1) is 25.4 Å². The van der Waals surface area contributed by atoms with Gasteiger partial charge in [0.2, 0.25) is 0 Å².